The smallest absolute Gasteiger partial charge is 0.346 e. The number of cyclic esters (lactones) is 2. The first-order chi connectivity index (χ1) is 10.7. The summed E-state index contributed by atoms with van der Waals surface area (Å²) in [5, 5.41) is 0. The second-order valence-corrected chi connectivity index (χ2v) is 4.60. The van der Waals surface area contributed by atoms with E-state index in [1.807, 2.05) is 54.6 Å². The van der Waals surface area contributed by atoms with E-state index in [1.54, 1.807) is 12.2 Å². The predicted octanol–water partition coefficient (Wildman–Crippen LogP) is 3.50. The second kappa shape index (κ2) is 6.10. The minimum atomic E-state index is -0.604. The molecule has 0 amide bonds. The number of hydrogen-bond acceptors (Lipinski definition) is 4. The van der Waals surface area contributed by atoms with Gasteiger partial charge in [-0.05, 0) is 23.8 Å². The molecular weight excluding hydrogens is 280 g/mol. The number of carbonyl (C=O) groups excluding carboxylic acids is 2. The molecule has 0 atom stereocenters. The van der Waals surface area contributed by atoms with E-state index in [2.05, 4.69) is 4.74 Å². The Morgan fingerprint density at radius 1 is 0.727 bits per heavy atom. The highest BCUT2D eigenvalue weighted by Gasteiger charge is 2.20. The van der Waals surface area contributed by atoms with Gasteiger partial charge in [0, 0.05) is 6.08 Å². The molecule has 0 aromatic heterocycles. The first kappa shape index (κ1) is 13.8. The number of esters is 2. The Morgan fingerprint density at radius 3 is 1.91 bits per heavy atom. The molecule has 0 fully saturated rings. The summed E-state index contributed by atoms with van der Waals surface area (Å²) in [5.74, 6) is 0.866. The van der Waals surface area contributed by atoms with Crippen LogP contribution in [0.3, 0.4) is 0 Å². The third-order valence-electron chi connectivity index (χ3n) is 2.98. The van der Waals surface area contributed by atoms with Crippen LogP contribution in [0.15, 0.2) is 72.3 Å². The van der Waals surface area contributed by atoms with Gasteiger partial charge in [-0.3, -0.25) is 0 Å². The summed E-state index contributed by atoms with van der Waals surface area (Å²) >= 11 is 0. The van der Waals surface area contributed by atoms with Crippen molar-refractivity contribution in [3.63, 3.8) is 0 Å². The number of carbonyl (C=O) groups is 2. The van der Waals surface area contributed by atoms with Crippen LogP contribution in [0.4, 0.5) is 0 Å². The Kier molecular flexibility index (Phi) is 3.83. The number of fused-ring (bicyclic) bond motifs is 1. The fraction of sp³-hybridized carbons (Fsp3) is 0. The van der Waals surface area contributed by atoms with E-state index in [4.69, 9.17) is 4.74 Å². The Balaban J connectivity index is 0.000000169. The summed E-state index contributed by atoms with van der Waals surface area (Å²) in [6, 6.07) is 17.3. The average Bonchev–Trinajstić information content (AvgIpc) is 3.25. The maximum absolute atomic E-state index is 11.0. The zero-order valence-corrected chi connectivity index (χ0v) is 11.6. The molecule has 0 N–H and O–H groups in total. The van der Waals surface area contributed by atoms with Crippen LogP contribution in [0.5, 0.6) is 11.5 Å². The van der Waals surface area contributed by atoms with Gasteiger partial charge in [-0.25, -0.2) is 9.59 Å². The molecule has 22 heavy (non-hydrogen) atoms. The molecule has 0 saturated carbocycles. The Hall–Kier alpha value is -3.14. The number of para-hydroxylation sites is 2. The molecule has 108 valence electrons. The number of benzene rings is 2. The van der Waals surface area contributed by atoms with E-state index < -0.39 is 11.9 Å². The van der Waals surface area contributed by atoms with Gasteiger partial charge in [-0.1, -0.05) is 48.5 Å². The number of rotatable bonds is 2. The molecule has 2 heterocycles. The van der Waals surface area contributed by atoms with Gasteiger partial charge in [0.2, 0.25) is 0 Å². The van der Waals surface area contributed by atoms with Crippen LogP contribution in [0.25, 0.3) is 6.08 Å². The van der Waals surface area contributed by atoms with Crippen molar-refractivity contribution in [2.75, 3.05) is 0 Å². The summed E-state index contributed by atoms with van der Waals surface area (Å²) in [7, 11) is 0. The van der Waals surface area contributed by atoms with Gasteiger partial charge in [0.25, 0.3) is 0 Å². The lowest BCUT2D eigenvalue weighted by atomic mass is 10.1. The van der Waals surface area contributed by atoms with E-state index in [0.29, 0.717) is 0 Å². The molecule has 0 spiro atoms. The first-order valence-corrected chi connectivity index (χ1v) is 6.70. The van der Waals surface area contributed by atoms with Crippen LogP contribution in [0.2, 0.25) is 0 Å². The number of ether oxygens (including phenoxy) is 2. The zero-order valence-electron chi connectivity index (χ0n) is 11.6. The van der Waals surface area contributed by atoms with Crippen LogP contribution in [0.1, 0.15) is 5.56 Å². The molecule has 0 aliphatic carbocycles. The highest BCUT2D eigenvalue weighted by atomic mass is 16.6. The van der Waals surface area contributed by atoms with E-state index in [0.717, 1.165) is 17.1 Å². The topological polar surface area (TPSA) is 55.9 Å². The van der Waals surface area contributed by atoms with Gasteiger partial charge in [-0.15, -0.1) is 0 Å². The van der Waals surface area contributed by atoms with E-state index in [9.17, 15) is 9.59 Å². The summed E-state index contributed by atoms with van der Waals surface area (Å²) in [4.78, 5) is 21.8. The molecule has 4 rings (SSSR count). The fourth-order valence-electron chi connectivity index (χ4n) is 1.84. The van der Waals surface area contributed by atoms with Crippen LogP contribution >= 0.6 is 0 Å². The van der Waals surface area contributed by atoms with Crippen LogP contribution < -0.4 is 4.74 Å². The SMILES string of the molecule is O=C1C=C(C=Cc2ccccc2)C(=O)O1.c1ccc2c(c1)O2. The summed E-state index contributed by atoms with van der Waals surface area (Å²) in [6.07, 6.45) is 4.51. The average molecular weight is 292 g/mol. The van der Waals surface area contributed by atoms with Crippen molar-refractivity contribution in [3.8, 4) is 11.5 Å². The van der Waals surface area contributed by atoms with Crippen LogP contribution in [-0.2, 0) is 14.3 Å². The van der Waals surface area contributed by atoms with Gasteiger partial charge in [0.1, 0.15) is 0 Å². The molecule has 2 aromatic carbocycles. The molecule has 0 unspecified atom stereocenters. The van der Waals surface area contributed by atoms with Gasteiger partial charge < -0.3 is 9.47 Å². The minimum absolute atomic E-state index is 0.281. The Morgan fingerprint density at radius 2 is 1.36 bits per heavy atom. The summed E-state index contributed by atoms with van der Waals surface area (Å²) in [5.41, 5.74) is 1.24. The monoisotopic (exact) mass is 292 g/mol. The molecule has 2 aliphatic rings. The molecule has 2 aliphatic heterocycles. The van der Waals surface area contributed by atoms with Gasteiger partial charge in [0.15, 0.2) is 11.5 Å². The number of hydrogen-bond donors (Lipinski definition) is 0. The molecule has 4 nitrogen and oxygen atoms in total. The van der Waals surface area contributed by atoms with E-state index in [-0.39, 0.29) is 5.57 Å². The highest BCUT2D eigenvalue weighted by Crippen LogP contribution is 2.43. The lowest BCUT2D eigenvalue weighted by Gasteiger charge is -1.91. The van der Waals surface area contributed by atoms with Crippen molar-refractivity contribution >= 4 is 18.0 Å². The highest BCUT2D eigenvalue weighted by molar-refractivity contribution is 6.11. The lowest BCUT2D eigenvalue weighted by Crippen LogP contribution is -2.00. The molecule has 0 bridgehead atoms. The van der Waals surface area contributed by atoms with Gasteiger partial charge in [0.05, 0.1) is 5.57 Å². The standard InChI is InChI=1S/C12H8O3.C6H4O/c13-11-8-10(12(14)15-11)7-6-9-4-2-1-3-5-9;1-2-4-6-5(3-1)7-6/h1-8H;1-4H. The van der Waals surface area contributed by atoms with Crippen molar-refractivity contribution < 1.29 is 19.1 Å². The molecule has 0 radical (unpaired) electrons. The quantitative estimate of drug-likeness (QED) is 0.412. The lowest BCUT2D eigenvalue weighted by molar-refractivity contribution is -0.150. The first-order valence-electron chi connectivity index (χ1n) is 6.70. The zero-order chi connectivity index (χ0) is 15.4. The van der Waals surface area contributed by atoms with Crippen molar-refractivity contribution in [1.82, 2.24) is 0 Å². The summed E-state index contributed by atoms with van der Waals surface area (Å²) < 4.78 is 9.28. The molecule has 0 saturated heterocycles. The maximum atomic E-state index is 11.0. The normalized spacial score (nSPS) is 14.5. The van der Waals surface area contributed by atoms with Crippen molar-refractivity contribution in [2.45, 2.75) is 0 Å². The van der Waals surface area contributed by atoms with Crippen molar-refractivity contribution in [2.24, 2.45) is 0 Å². The molecule has 4 heteroatoms. The third-order valence-corrected chi connectivity index (χ3v) is 2.98. The van der Waals surface area contributed by atoms with E-state index >= 15 is 0 Å². The van der Waals surface area contributed by atoms with Crippen molar-refractivity contribution in [1.29, 1.82) is 0 Å². The maximum Gasteiger partial charge on any atom is 0.346 e. The second-order valence-electron chi connectivity index (χ2n) is 4.60. The minimum Gasteiger partial charge on any atom is -0.450 e. The predicted molar refractivity (Wildman–Crippen MR) is 81.2 cm³/mol. The molecular formula is C18H12O4. The van der Waals surface area contributed by atoms with E-state index in [1.165, 1.54) is 6.08 Å². The van der Waals surface area contributed by atoms with Crippen molar-refractivity contribution in [3.05, 3.63) is 77.9 Å². The van der Waals surface area contributed by atoms with Crippen LogP contribution in [0, 0.1) is 0 Å². The van der Waals surface area contributed by atoms with Gasteiger partial charge in [-0.2, -0.15) is 0 Å². The Bertz CT molecular complexity index is 752. The molecule has 2 aromatic rings. The summed E-state index contributed by atoms with van der Waals surface area (Å²) in [6.45, 7) is 0. The van der Waals surface area contributed by atoms with Crippen LogP contribution in [-0.4, -0.2) is 11.9 Å². The third kappa shape index (κ3) is 3.49. The Labute approximate surface area is 127 Å². The fourth-order valence-corrected chi connectivity index (χ4v) is 1.84. The largest absolute Gasteiger partial charge is 0.450 e. The van der Waals surface area contributed by atoms with Gasteiger partial charge >= 0.3 is 11.9 Å².